The van der Waals surface area contributed by atoms with Crippen molar-refractivity contribution in [1.82, 2.24) is 20.3 Å². The van der Waals surface area contributed by atoms with Gasteiger partial charge in [-0.15, -0.1) is 5.59 Å². The topological polar surface area (TPSA) is 120 Å². The lowest BCUT2D eigenvalue weighted by Gasteiger charge is -2.16. The van der Waals surface area contributed by atoms with Crippen LogP contribution >= 0.6 is 0 Å². The highest BCUT2D eigenvalue weighted by molar-refractivity contribution is 5.01. The molecule has 4 N–H and O–H groups in total. The quantitative estimate of drug-likeness (QED) is 0.453. The van der Waals surface area contributed by atoms with Crippen LogP contribution in [0.1, 0.15) is 18.2 Å². The van der Waals surface area contributed by atoms with Gasteiger partial charge < -0.3 is 5.11 Å². The predicted octanol–water partition coefficient (Wildman–Crippen LogP) is -1.81. The summed E-state index contributed by atoms with van der Waals surface area (Å²) >= 11 is 0. The van der Waals surface area contributed by atoms with E-state index < -0.39 is 23.7 Å². The highest BCUT2D eigenvalue weighted by Gasteiger charge is 2.33. The number of hydrazine groups is 1. The summed E-state index contributed by atoms with van der Waals surface area (Å²) in [6.45, 7) is 1.54. The van der Waals surface area contributed by atoms with Gasteiger partial charge in [0.2, 0.25) is 0 Å². The van der Waals surface area contributed by atoms with Crippen LogP contribution in [-0.2, 0) is 4.84 Å². The van der Waals surface area contributed by atoms with Crippen molar-refractivity contribution in [2.24, 2.45) is 0 Å². The molecule has 1 aliphatic rings. The fourth-order valence-electron chi connectivity index (χ4n) is 1.58. The Balaban J connectivity index is 2.34. The summed E-state index contributed by atoms with van der Waals surface area (Å²) in [6.07, 6.45) is -0.491. The Morgan fingerprint density at radius 3 is 2.88 bits per heavy atom. The zero-order valence-electron chi connectivity index (χ0n) is 8.95. The number of hydrogen-bond acceptors (Lipinski definition) is 7. The molecule has 0 spiro atoms. The molecule has 9 heteroatoms. The first-order valence-corrected chi connectivity index (χ1v) is 4.89. The fourth-order valence-corrected chi connectivity index (χ4v) is 1.58. The highest BCUT2D eigenvalue weighted by atomic mass is 16.8. The maximum absolute atomic E-state index is 11.5. The number of aromatic nitrogens is 2. The minimum absolute atomic E-state index is 0.0684. The van der Waals surface area contributed by atoms with Crippen LogP contribution in [0.5, 0.6) is 0 Å². The highest BCUT2D eigenvalue weighted by Crippen LogP contribution is 2.24. The molecule has 0 amide bonds. The Kier molecular flexibility index (Phi) is 3.09. The van der Waals surface area contributed by atoms with E-state index in [2.05, 4.69) is 4.98 Å². The van der Waals surface area contributed by atoms with Crippen LogP contribution in [-0.4, -0.2) is 31.3 Å². The van der Waals surface area contributed by atoms with Crippen molar-refractivity contribution in [1.29, 1.82) is 0 Å². The molecular formula is C8H12N4O5. The molecule has 0 unspecified atom stereocenters. The van der Waals surface area contributed by atoms with Gasteiger partial charge >= 0.3 is 5.69 Å². The number of aliphatic hydroxyl groups is 1. The lowest BCUT2D eigenvalue weighted by atomic mass is 10.3. The Bertz CT molecular complexity index is 523. The molecule has 94 valence electrons. The first-order valence-electron chi connectivity index (χ1n) is 4.89. The van der Waals surface area contributed by atoms with Crippen molar-refractivity contribution in [3.63, 3.8) is 0 Å². The molecule has 0 radical (unpaired) electrons. The number of aliphatic hydroxyl groups excluding tert-OH is 1. The van der Waals surface area contributed by atoms with Gasteiger partial charge in [-0.1, -0.05) is 5.17 Å². The molecule has 17 heavy (non-hydrogen) atoms. The third kappa shape index (κ3) is 2.14. The second-order valence-corrected chi connectivity index (χ2v) is 3.68. The van der Waals surface area contributed by atoms with Crippen molar-refractivity contribution in [2.75, 3.05) is 0 Å². The normalized spacial score (nSPS) is 25.4. The second kappa shape index (κ2) is 4.39. The number of hydrogen-bond donors (Lipinski definition) is 4. The summed E-state index contributed by atoms with van der Waals surface area (Å²) in [5.74, 6) is 0. The lowest BCUT2D eigenvalue weighted by Crippen LogP contribution is -2.38. The van der Waals surface area contributed by atoms with Gasteiger partial charge in [-0.3, -0.25) is 24.4 Å². The van der Waals surface area contributed by atoms with E-state index in [1.165, 1.54) is 6.20 Å². The van der Waals surface area contributed by atoms with Crippen LogP contribution in [0.25, 0.3) is 0 Å². The Labute approximate surface area is 94.7 Å². The first-order chi connectivity index (χ1) is 8.02. The number of aryl methyl sites for hydroxylation is 1. The van der Waals surface area contributed by atoms with E-state index in [9.17, 15) is 14.7 Å². The summed E-state index contributed by atoms with van der Waals surface area (Å²) in [7, 11) is 0. The number of aromatic amines is 1. The molecule has 0 bridgehead atoms. The molecule has 0 aromatic carbocycles. The lowest BCUT2D eigenvalue weighted by molar-refractivity contribution is -0.297. The zero-order valence-corrected chi connectivity index (χ0v) is 8.95. The molecule has 1 aromatic heterocycles. The second-order valence-electron chi connectivity index (χ2n) is 3.68. The number of H-pyrrole nitrogens is 1. The molecule has 0 saturated carbocycles. The zero-order chi connectivity index (χ0) is 12.6. The number of hydroxylamine groups is 1. The molecule has 1 aromatic rings. The molecule has 2 atom stereocenters. The van der Waals surface area contributed by atoms with Crippen LogP contribution in [0, 0.1) is 6.92 Å². The van der Waals surface area contributed by atoms with Gasteiger partial charge in [0.1, 0.15) is 0 Å². The van der Waals surface area contributed by atoms with Crippen molar-refractivity contribution in [2.45, 2.75) is 25.8 Å². The van der Waals surface area contributed by atoms with Gasteiger partial charge in [0.25, 0.3) is 5.56 Å². The monoisotopic (exact) mass is 244 g/mol. The van der Waals surface area contributed by atoms with Crippen molar-refractivity contribution >= 4 is 0 Å². The molecule has 0 aliphatic carbocycles. The number of rotatable bonds is 2. The molecule has 1 aliphatic heterocycles. The summed E-state index contributed by atoms with van der Waals surface area (Å²) in [5.41, 5.74) is 0.867. The third-order valence-electron chi connectivity index (χ3n) is 2.47. The van der Waals surface area contributed by atoms with Crippen LogP contribution < -0.4 is 16.8 Å². The molecule has 9 nitrogen and oxygen atoms in total. The first kappa shape index (κ1) is 12.0. The average Bonchev–Trinajstić information content (AvgIpc) is 2.65. The van der Waals surface area contributed by atoms with Gasteiger partial charge in [-0.2, -0.15) is 0 Å². The Hall–Kier alpha value is -1.52. The summed E-state index contributed by atoms with van der Waals surface area (Å²) in [4.78, 5) is 29.9. The Morgan fingerprint density at radius 2 is 2.29 bits per heavy atom. The standard InChI is InChI=1S/C8H12N4O5/c1-4-3-11(8(15)9-7(4)14)6-2-5(13)12(10-16)17-6/h3,5-6,10,13,16H,2H2,1H3,(H,9,14,15)/t5-,6+/m0/s1. The largest absolute Gasteiger partial charge is 0.374 e. The van der Waals surface area contributed by atoms with Gasteiger partial charge in [-0.25, -0.2) is 4.79 Å². The molecule has 1 saturated heterocycles. The van der Waals surface area contributed by atoms with E-state index >= 15 is 0 Å². The maximum Gasteiger partial charge on any atom is 0.330 e. The molecule has 2 rings (SSSR count). The minimum Gasteiger partial charge on any atom is -0.374 e. The van der Waals surface area contributed by atoms with Crippen molar-refractivity contribution < 1.29 is 15.2 Å². The summed E-state index contributed by atoms with van der Waals surface area (Å²) < 4.78 is 1.14. The van der Waals surface area contributed by atoms with E-state index in [1.807, 2.05) is 0 Å². The smallest absolute Gasteiger partial charge is 0.330 e. The summed E-state index contributed by atoms with van der Waals surface area (Å²) in [5, 5.41) is 18.7. The van der Waals surface area contributed by atoms with Gasteiger partial charge in [0, 0.05) is 18.2 Å². The minimum atomic E-state index is -1.09. The van der Waals surface area contributed by atoms with Crippen molar-refractivity contribution in [3.05, 3.63) is 32.6 Å². The molecule has 2 heterocycles. The van der Waals surface area contributed by atoms with E-state index in [0.717, 1.165) is 4.57 Å². The Morgan fingerprint density at radius 1 is 1.59 bits per heavy atom. The van der Waals surface area contributed by atoms with Gasteiger partial charge in [0.15, 0.2) is 12.5 Å². The number of nitrogens with one attached hydrogen (secondary N) is 2. The average molecular weight is 244 g/mol. The van der Waals surface area contributed by atoms with Crippen LogP contribution in [0.2, 0.25) is 0 Å². The van der Waals surface area contributed by atoms with E-state index in [4.69, 9.17) is 10.0 Å². The van der Waals surface area contributed by atoms with E-state index in [1.54, 1.807) is 12.5 Å². The van der Waals surface area contributed by atoms with E-state index in [-0.39, 0.29) is 6.42 Å². The summed E-state index contributed by atoms with van der Waals surface area (Å²) in [6, 6.07) is 0. The molecular weight excluding hydrogens is 232 g/mol. The molecule has 1 fully saturated rings. The third-order valence-corrected chi connectivity index (χ3v) is 2.47. The van der Waals surface area contributed by atoms with Crippen LogP contribution in [0.15, 0.2) is 15.8 Å². The number of nitrogens with zero attached hydrogens (tertiary/aromatic N) is 2. The fraction of sp³-hybridized carbons (Fsp3) is 0.500. The van der Waals surface area contributed by atoms with Crippen molar-refractivity contribution in [3.8, 4) is 0 Å². The van der Waals surface area contributed by atoms with Gasteiger partial charge in [-0.05, 0) is 6.92 Å². The van der Waals surface area contributed by atoms with E-state index in [0.29, 0.717) is 10.7 Å². The predicted molar refractivity (Wildman–Crippen MR) is 53.6 cm³/mol. The van der Waals surface area contributed by atoms with Gasteiger partial charge in [0.05, 0.1) is 0 Å². The SMILES string of the molecule is Cc1cn([C@H]2C[C@H](O)N(NO)O2)c(=O)[nH]c1=O. The van der Waals surface area contributed by atoms with Crippen LogP contribution in [0.4, 0.5) is 0 Å². The maximum atomic E-state index is 11.5. The van der Waals surface area contributed by atoms with Crippen LogP contribution in [0.3, 0.4) is 0 Å².